The van der Waals surface area contributed by atoms with Gasteiger partial charge in [0.05, 0.1) is 12.3 Å². The number of ether oxygens (including phenoxy) is 2. The Labute approximate surface area is 167 Å². The summed E-state index contributed by atoms with van der Waals surface area (Å²) in [6.07, 6.45) is -0.699. The number of carbonyl (C=O) groups excluding carboxylic acids is 2. The van der Waals surface area contributed by atoms with E-state index in [-0.39, 0.29) is 6.61 Å². The van der Waals surface area contributed by atoms with Crippen LogP contribution < -0.4 is 10.6 Å². The molecule has 0 radical (unpaired) electrons. The molecule has 146 valence electrons. The SMILES string of the molecule is COCC(NC(=O)OC(C)(C)C)C(=O)Nc1nc(-c2ccccc2Cl)cs1. The van der Waals surface area contributed by atoms with Crippen molar-refractivity contribution >= 4 is 40.1 Å². The molecule has 27 heavy (non-hydrogen) atoms. The number of rotatable bonds is 6. The van der Waals surface area contributed by atoms with Crippen LogP contribution in [0.1, 0.15) is 20.8 Å². The molecule has 0 aliphatic rings. The lowest BCUT2D eigenvalue weighted by Crippen LogP contribution is -2.48. The number of nitrogens with zero attached hydrogens (tertiary/aromatic N) is 1. The predicted octanol–water partition coefficient (Wildman–Crippen LogP) is 3.94. The lowest BCUT2D eigenvalue weighted by molar-refractivity contribution is -0.119. The van der Waals surface area contributed by atoms with Crippen molar-refractivity contribution in [1.82, 2.24) is 10.3 Å². The van der Waals surface area contributed by atoms with Crippen LogP contribution in [0.2, 0.25) is 5.02 Å². The van der Waals surface area contributed by atoms with Crippen molar-refractivity contribution in [3.63, 3.8) is 0 Å². The molecule has 2 amide bonds. The van der Waals surface area contributed by atoms with E-state index in [2.05, 4.69) is 15.6 Å². The molecule has 1 unspecified atom stereocenters. The molecule has 0 aliphatic carbocycles. The van der Waals surface area contributed by atoms with Gasteiger partial charge in [-0.2, -0.15) is 0 Å². The van der Waals surface area contributed by atoms with E-state index >= 15 is 0 Å². The second-order valence-corrected chi connectivity index (χ2v) is 7.93. The van der Waals surface area contributed by atoms with Gasteiger partial charge in [-0.15, -0.1) is 11.3 Å². The van der Waals surface area contributed by atoms with Crippen LogP contribution >= 0.6 is 22.9 Å². The average molecular weight is 412 g/mol. The van der Waals surface area contributed by atoms with Gasteiger partial charge in [0.25, 0.3) is 5.91 Å². The fraction of sp³-hybridized carbons (Fsp3) is 0.389. The molecule has 7 nitrogen and oxygen atoms in total. The third-order valence-corrected chi connectivity index (χ3v) is 4.31. The van der Waals surface area contributed by atoms with Crippen LogP contribution in [0.3, 0.4) is 0 Å². The first-order chi connectivity index (χ1) is 12.7. The highest BCUT2D eigenvalue weighted by atomic mass is 35.5. The number of amides is 2. The van der Waals surface area contributed by atoms with E-state index in [0.29, 0.717) is 15.8 Å². The van der Waals surface area contributed by atoms with Gasteiger partial charge in [-0.3, -0.25) is 4.79 Å². The molecule has 9 heteroatoms. The summed E-state index contributed by atoms with van der Waals surface area (Å²) in [5, 5.41) is 7.94. The Morgan fingerprint density at radius 3 is 2.63 bits per heavy atom. The third kappa shape index (κ3) is 6.50. The van der Waals surface area contributed by atoms with E-state index in [1.165, 1.54) is 18.4 Å². The molecule has 0 bridgehead atoms. The Bertz CT molecular complexity index is 804. The zero-order chi connectivity index (χ0) is 20.0. The predicted molar refractivity (Wildman–Crippen MR) is 106 cm³/mol. The van der Waals surface area contributed by atoms with Crippen LogP contribution in [0.15, 0.2) is 29.6 Å². The summed E-state index contributed by atoms with van der Waals surface area (Å²) in [6, 6.07) is 6.39. The Morgan fingerprint density at radius 2 is 2.00 bits per heavy atom. The number of benzene rings is 1. The molecule has 0 aliphatic heterocycles. The second-order valence-electron chi connectivity index (χ2n) is 6.66. The maximum atomic E-state index is 12.5. The molecule has 2 aromatic rings. The number of methoxy groups -OCH3 is 1. The number of hydrogen-bond donors (Lipinski definition) is 2. The number of anilines is 1. The number of carbonyl (C=O) groups is 2. The summed E-state index contributed by atoms with van der Waals surface area (Å²) in [4.78, 5) is 28.8. The minimum absolute atomic E-state index is 0.00613. The van der Waals surface area contributed by atoms with Gasteiger partial charge in [0.15, 0.2) is 5.13 Å². The van der Waals surface area contributed by atoms with Crippen LogP contribution in [0.4, 0.5) is 9.93 Å². The van der Waals surface area contributed by atoms with Crippen molar-refractivity contribution < 1.29 is 19.1 Å². The van der Waals surface area contributed by atoms with Crippen molar-refractivity contribution in [3.05, 3.63) is 34.7 Å². The Hall–Kier alpha value is -2.16. The largest absolute Gasteiger partial charge is 0.444 e. The second kappa shape index (κ2) is 9.16. The fourth-order valence-corrected chi connectivity index (χ4v) is 3.06. The van der Waals surface area contributed by atoms with Crippen LogP contribution in [0, 0.1) is 0 Å². The highest BCUT2D eigenvalue weighted by Gasteiger charge is 2.25. The van der Waals surface area contributed by atoms with Crippen LogP contribution in [-0.2, 0) is 14.3 Å². The summed E-state index contributed by atoms with van der Waals surface area (Å²) in [7, 11) is 1.44. The van der Waals surface area contributed by atoms with Gasteiger partial charge < -0.3 is 20.1 Å². The first-order valence-electron chi connectivity index (χ1n) is 8.19. The minimum atomic E-state index is -0.919. The molecule has 0 fully saturated rings. The molecule has 1 heterocycles. The van der Waals surface area contributed by atoms with Gasteiger partial charge in [-0.05, 0) is 26.8 Å². The van der Waals surface area contributed by atoms with Gasteiger partial charge >= 0.3 is 6.09 Å². The molecule has 2 rings (SSSR count). The van der Waals surface area contributed by atoms with E-state index in [1.54, 1.807) is 32.2 Å². The summed E-state index contributed by atoms with van der Waals surface area (Å²) < 4.78 is 10.2. The van der Waals surface area contributed by atoms with E-state index in [9.17, 15) is 9.59 Å². The molecule has 1 aromatic carbocycles. The average Bonchev–Trinajstić information content (AvgIpc) is 3.01. The molecular formula is C18H22ClN3O4S. The molecular weight excluding hydrogens is 390 g/mol. The van der Waals surface area contributed by atoms with Crippen molar-refractivity contribution in [2.75, 3.05) is 19.0 Å². The zero-order valence-electron chi connectivity index (χ0n) is 15.5. The number of alkyl carbamates (subject to hydrolysis) is 1. The summed E-state index contributed by atoms with van der Waals surface area (Å²) >= 11 is 7.43. The Balaban J connectivity index is 2.05. The number of aromatic nitrogens is 1. The molecule has 1 atom stereocenters. The monoisotopic (exact) mass is 411 g/mol. The van der Waals surface area contributed by atoms with Crippen LogP contribution in [0.5, 0.6) is 0 Å². The summed E-state index contributed by atoms with van der Waals surface area (Å²) in [5.41, 5.74) is 0.762. The minimum Gasteiger partial charge on any atom is -0.444 e. The first kappa shape index (κ1) is 21.1. The lowest BCUT2D eigenvalue weighted by Gasteiger charge is -2.22. The molecule has 2 N–H and O–H groups in total. The first-order valence-corrected chi connectivity index (χ1v) is 9.45. The van der Waals surface area contributed by atoms with Gasteiger partial charge in [-0.25, -0.2) is 9.78 Å². The van der Waals surface area contributed by atoms with E-state index < -0.39 is 23.6 Å². The highest BCUT2D eigenvalue weighted by Crippen LogP contribution is 2.30. The number of hydrogen-bond acceptors (Lipinski definition) is 6. The zero-order valence-corrected chi connectivity index (χ0v) is 17.1. The topological polar surface area (TPSA) is 89.5 Å². The normalized spacial score (nSPS) is 12.3. The lowest BCUT2D eigenvalue weighted by atomic mass is 10.2. The maximum absolute atomic E-state index is 12.5. The van der Waals surface area contributed by atoms with Crippen molar-refractivity contribution in [2.45, 2.75) is 32.4 Å². The number of nitrogens with one attached hydrogen (secondary N) is 2. The third-order valence-electron chi connectivity index (χ3n) is 3.22. The van der Waals surface area contributed by atoms with Crippen molar-refractivity contribution in [3.8, 4) is 11.3 Å². The summed E-state index contributed by atoms with van der Waals surface area (Å²) in [6.45, 7) is 5.21. The molecule has 0 spiro atoms. The Morgan fingerprint density at radius 1 is 1.30 bits per heavy atom. The molecule has 0 saturated carbocycles. The molecule has 0 saturated heterocycles. The van der Waals surface area contributed by atoms with Gasteiger partial charge in [-0.1, -0.05) is 29.8 Å². The van der Waals surface area contributed by atoms with Crippen molar-refractivity contribution in [2.24, 2.45) is 0 Å². The number of thiazole rings is 1. The summed E-state index contributed by atoms with van der Waals surface area (Å²) in [5.74, 6) is -0.456. The maximum Gasteiger partial charge on any atom is 0.408 e. The fourth-order valence-electron chi connectivity index (χ4n) is 2.12. The van der Waals surface area contributed by atoms with E-state index in [0.717, 1.165) is 5.56 Å². The molecule has 1 aromatic heterocycles. The highest BCUT2D eigenvalue weighted by molar-refractivity contribution is 7.14. The van der Waals surface area contributed by atoms with E-state index in [1.807, 2.05) is 18.2 Å². The van der Waals surface area contributed by atoms with Gasteiger partial charge in [0, 0.05) is 23.1 Å². The van der Waals surface area contributed by atoms with Gasteiger partial charge in [0.1, 0.15) is 11.6 Å². The standard InChI is InChI=1S/C18H22ClN3O4S/c1-18(2,3)26-17(24)21-13(9-25-4)15(23)22-16-20-14(10-27-16)11-7-5-6-8-12(11)19/h5-8,10,13H,9H2,1-4H3,(H,21,24)(H,20,22,23). The van der Waals surface area contributed by atoms with Crippen LogP contribution in [0.25, 0.3) is 11.3 Å². The van der Waals surface area contributed by atoms with Gasteiger partial charge in [0.2, 0.25) is 0 Å². The number of halogens is 1. The van der Waals surface area contributed by atoms with Crippen molar-refractivity contribution in [1.29, 1.82) is 0 Å². The smallest absolute Gasteiger partial charge is 0.408 e. The quantitative estimate of drug-likeness (QED) is 0.751. The van der Waals surface area contributed by atoms with Crippen LogP contribution in [-0.4, -0.2) is 42.3 Å². The van der Waals surface area contributed by atoms with E-state index in [4.69, 9.17) is 21.1 Å². The Kier molecular flexibility index (Phi) is 7.18.